The van der Waals surface area contributed by atoms with E-state index in [0.29, 0.717) is 11.8 Å². The number of pyridine rings is 1. The molecule has 2 N–H and O–H groups in total. The number of nitrogens with zero attached hydrogens (tertiary/aromatic N) is 3. The summed E-state index contributed by atoms with van der Waals surface area (Å²) in [6, 6.07) is 13.7. The molecule has 3 aromatic rings. The zero-order valence-electron chi connectivity index (χ0n) is 15.3. The first-order valence-electron chi connectivity index (χ1n) is 8.43. The molecule has 0 unspecified atom stereocenters. The quantitative estimate of drug-likeness (QED) is 0.587. The van der Waals surface area contributed by atoms with Crippen molar-refractivity contribution in [1.29, 1.82) is 0 Å². The standard InChI is InChI=1S/C20H22BrN5/c1-13-14(21)8-7-10-15(13)23-18-12-17(16-9-5-6-11-22-16)24-19(25-18)26-20(2,3)4/h5-12H,1-4H3,(H2,23,24,25,26). The highest BCUT2D eigenvalue weighted by Crippen LogP contribution is 2.28. The fourth-order valence-corrected chi connectivity index (χ4v) is 2.80. The lowest BCUT2D eigenvalue weighted by atomic mass is 10.1. The van der Waals surface area contributed by atoms with Crippen LogP contribution in [0.15, 0.2) is 53.1 Å². The molecule has 3 rings (SSSR count). The molecular weight excluding hydrogens is 390 g/mol. The maximum Gasteiger partial charge on any atom is 0.225 e. The highest BCUT2D eigenvalue weighted by molar-refractivity contribution is 9.10. The van der Waals surface area contributed by atoms with E-state index in [1.165, 1.54) is 0 Å². The van der Waals surface area contributed by atoms with Crippen LogP contribution >= 0.6 is 15.9 Å². The zero-order chi connectivity index (χ0) is 18.7. The SMILES string of the molecule is Cc1c(Br)cccc1Nc1cc(-c2ccccn2)nc(NC(C)(C)C)n1. The Balaban J connectivity index is 2.03. The average molecular weight is 412 g/mol. The summed E-state index contributed by atoms with van der Waals surface area (Å²) in [4.78, 5) is 13.7. The predicted octanol–water partition coefficient (Wildman–Crippen LogP) is 5.56. The number of nitrogens with one attached hydrogen (secondary N) is 2. The first-order chi connectivity index (χ1) is 12.3. The summed E-state index contributed by atoms with van der Waals surface area (Å²) >= 11 is 3.57. The van der Waals surface area contributed by atoms with Crippen molar-refractivity contribution in [2.24, 2.45) is 0 Å². The van der Waals surface area contributed by atoms with Gasteiger partial charge in [-0.05, 0) is 57.5 Å². The summed E-state index contributed by atoms with van der Waals surface area (Å²) in [6.45, 7) is 8.29. The van der Waals surface area contributed by atoms with Gasteiger partial charge < -0.3 is 10.6 Å². The van der Waals surface area contributed by atoms with Crippen molar-refractivity contribution in [1.82, 2.24) is 15.0 Å². The molecule has 0 bridgehead atoms. The minimum atomic E-state index is -0.147. The van der Waals surface area contributed by atoms with E-state index < -0.39 is 0 Å². The van der Waals surface area contributed by atoms with E-state index in [9.17, 15) is 0 Å². The Kier molecular flexibility index (Phi) is 5.23. The third-order valence-electron chi connectivity index (χ3n) is 3.67. The monoisotopic (exact) mass is 411 g/mol. The lowest BCUT2D eigenvalue weighted by Gasteiger charge is -2.21. The van der Waals surface area contributed by atoms with Crippen LogP contribution in [0.4, 0.5) is 17.5 Å². The molecule has 0 spiro atoms. The van der Waals surface area contributed by atoms with Crippen LogP contribution in [-0.4, -0.2) is 20.5 Å². The maximum atomic E-state index is 4.64. The molecule has 0 saturated carbocycles. The number of halogens is 1. The average Bonchev–Trinajstić information content (AvgIpc) is 2.58. The molecule has 0 aliphatic carbocycles. The lowest BCUT2D eigenvalue weighted by molar-refractivity contribution is 0.626. The van der Waals surface area contributed by atoms with Gasteiger partial charge in [-0.3, -0.25) is 4.98 Å². The van der Waals surface area contributed by atoms with Crippen molar-refractivity contribution in [3.63, 3.8) is 0 Å². The van der Waals surface area contributed by atoms with E-state index in [4.69, 9.17) is 0 Å². The summed E-state index contributed by atoms with van der Waals surface area (Å²) in [5.41, 5.74) is 3.54. The van der Waals surface area contributed by atoms with E-state index in [1.54, 1.807) is 6.20 Å². The summed E-state index contributed by atoms with van der Waals surface area (Å²) in [7, 11) is 0. The zero-order valence-corrected chi connectivity index (χ0v) is 16.9. The molecule has 1 aromatic carbocycles. The van der Waals surface area contributed by atoms with Gasteiger partial charge in [0.25, 0.3) is 0 Å². The molecule has 5 nitrogen and oxygen atoms in total. The van der Waals surface area contributed by atoms with Crippen molar-refractivity contribution in [3.8, 4) is 11.4 Å². The second-order valence-corrected chi connectivity index (χ2v) is 7.94. The van der Waals surface area contributed by atoms with Gasteiger partial charge in [0.1, 0.15) is 5.82 Å². The number of anilines is 3. The van der Waals surface area contributed by atoms with Gasteiger partial charge in [0.05, 0.1) is 11.4 Å². The summed E-state index contributed by atoms with van der Waals surface area (Å²) in [5, 5.41) is 6.74. The third-order valence-corrected chi connectivity index (χ3v) is 4.53. The van der Waals surface area contributed by atoms with E-state index in [2.05, 4.69) is 69.2 Å². The van der Waals surface area contributed by atoms with E-state index in [0.717, 1.165) is 27.1 Å². The van der Waals surface area contributed by atoms with Crippen molar-refractivity contribution in [2.75, 3.05) is 10.6 Å². The van der Waals surface area contributed by atoms with Crippen LogP contribution in [0.2, 0.25) is 0 Å². The number of hydrogen-bond acceptors (Lipinski definition) is 5. The molecule has 2 heterocycles. The van der Waals surface area contributed by atoms with Crippen LogP contribution in [0.25, 0.3) is 11.4 Å². The Bertz CT molecular complexity index is 904. The molecule has 0 atom stereocenters. The van der Waals surface area contributed by atoms with Crippen LogP contribution in [0.1, 0.15) is 26.3 Å². The molecule has 0 aliphatic heterocycles. The highest BCUT2D eigenvalue weighted by Gasteiger charge is 2.15. The molecule has 134 valence electrons. The number of benzene rings is 1. The predicted molar refractivity (Wildman–Crippen MR) is 111 cm³/mol. The van der Waals surface area contributed by atoms with Gasteiger partial charge in [-0.15, -0.1) is 0 Å². The van der Waals surface area contributed by atoms with Crippen molar-refractivity contribution >= 4 is 33.4 Å². The second-order valence-electron chi connectivity index (χ2n) is 7.09. The number of hydrogen-bond donors (Lipinski definition) is 2. The van der Waals surface area contributed by atoms with Crippen LogP contribution in [0, 0.1) is 6.92 Å². The lowest BCUT2D eigenvalue weighted by Crippen LogP contribution is -2.27. The van der Waals surface area contributed by atoms with Crippen LogP contribution < -0.4 is 10.6 Å². The van der Waals surface area contributed by atoms with Gasteiger partial charge in [0, 0.05) is 28.0 Å². The maximum absolute atomic E-state index is 4.64. The molecule has 0 aliphatic rings. The molecule has 6 heteroatoms. The van der Waals surface area contributed by atoms with Crippen LogP contribution in [0.3, 0.4) is 0 Å². The van der Waals surface area contributed by atoms with E-state index >= 15 is 0 Å². The van der Waals surface area contributed by atoms with Crippen LogP contribution in [0.5, 0.6) is 0 Å². The molecule has 0 radical (unpaired) electrons. The first kappa shape index (κ1) is 18.3. The normalized spacial score (nSPS) is 11.3. The van der Waals surface area contributed by atoms with E-state index in [1.807, 2.05) is 42.5 Å². The van der Waals surface area contributed by atoms with E-state index in [-0.39, 0.29) is 5.54 Å². The topological polar surface area (TPSA) is 62.7 Å². The minimum Gasteiger partial charge on any atom is -0.350 e. The van der Waals surface area contributed by atoms with Gasteiger partial charge in [0.15, 0.2) is 0 Å². The smallest absolute Gasteiger partial charge is 0.225 e. The van der Waals surface area contributed by atoms with Gasteiger partial charge in [-0.2, -0.15) is 4.98 Å². The summed E-state index contributed by atoms with van der Waals surface area (Å²) in [5.74, 6) is 1.28. The first-order valence-corrected chi connectivity index (χ1v) is 9.22. The number of rotatable bonds is 4. The fraction of sp³-hybridized carbons (Fsp3) is 0.250. The van der Waals surface area contributed by atoms with Crippen molar-refractivity contribution < 1.29 is 0 Å². The van der Waals surface area contributed by atoms with Crippen LogP contribution in [-0.2, 0) is 0 Å². The fourth-order valence-electron chi connectivity index (χ4n) is 2.43. The molecule has 26 heavy (non-hydrogen) atoms. The largest absolute Gasteiger partial charge is 0.350 e. The van der Waals surface area contributed by atoms with Crippen molar-refractivity contribution in [3.05, 3.63) is 58.7 Å². The molecule has 0 amide bonds. The Labute approximate surface area is 162 Å². The summed E-state index contributed by atoms with van der Waals surface area (Å²) in [6.07, 6.45) is 1.76. The highest BCUT2D eigenvalue weighted by atomic mass is 79.9. The number of aromatic nitrogens is 3. The van der Waals surface area contributed by atoms with Crippen molar-refractivity contribution in [2.45, 2.75) is 33.2 Å². The molecule has 2 aromatic heterocycles. The molecule has 0 saturated heterocycles. The Morgan fingerprint density at radius 1 is 0.962 bits per heavy atom. The summed E-state index contributed by atoms with van der Waals surface area (Å²) < 4.78 is 1.05. The van der Waals surface area contributed by atoms with Gasteiger partial charge >= 0.3 is 0 Å². The second kappa shape index (κ2) is 7.41. The minimum absolute atomic E-state index is 0.147. The third kappa shape index (κ3) is 4.58. The Morgan fingerprint density at radius 3 is 2.46 bits per heavy atom. The van der Waals surface area contributed by atoms with Gasteiger partial charge in [0.2, 0.25) is 5.95 Å². The van der Waals surface area contributed by atoms with Gasteiger partial charge in [-0.1, -0.05) is 28.1 Å². The Morgan fingerprint density at radius 2 is 1.77 bits per heavy atom. The molecule has 0 fully saturated rings. The van der Waals surface area contributed by atoms with Gasteiger partial charge in [-0.25, -0.2) is 4.98 Å². The Hall–Kier alpha value is -2.47. The molecular formula is C20H22BrN5.